The fourth-order valence-corrected chi connectivity index (χ4v) is 11.0. The van der Waals surface area contributed by atoms with Gasteiger partial charge in [0.25, 0.3) is 0 Å². The van der Waals surface area contributed by atoms with E-state index in [2.05, 4.69) is 20.0 Å². The zero-order valence-electron chi connectivity index (χ0n) is 20.0. The van der Waals surface area contributed by atoms with Gasteiger partial charge >= 0.3 is 5.97 Å². The van der Waals surface area contributed by atoms with E-state index < -0.39 is 23.9 Å². The van der Waals surface area contributed by atoms with Crippen molar-refractivity contribution in [1.82, 2.24) is 0 Å². The monoisotopic (exact) mass is 486 g/mol. The van der Waals surface area contributed by atoms with Crippen LogP contribution in [0.2, 0.25) is 19.1 Å². The van der Waals surface area contributed by atoms with Crippen molar-refractivity contribution < 1.29 is 23.1 Å². The second-order valence-electron chi connectivity index (χ2n) is 9.46. The molecular weight excluding hydrogens is 452 g/mol. The molecule has 1 aliphatic heterocycles. The molecule has 0 atom stereocenters. The molecule has 0 unspecified atom stereocenters. The molecule has 0 radical (unpaired) electrons. The summed E-state index contributed by atoms with van der Waals surface area (Å²) in [6, 6.07) is 11.2. The minimum atomic E-state index is -3.31. The molecule has 0 aliphatic carbocycles. The van der Waals surface area contributed by atoms with E-state index in [0.717, 1.165) is 53.6 Å². The predicted octanol–water partition coefficient (Wildman–Crippen LogP) is 5.61. The summed E-state index contributed by atoms with van der Waals surface area (Å²) in [6.07, 6.45) is 6.30. The van der Waals surface area contributed by atoms with E-state index >= 15 is 0 Å². The molecule has 0 spiro atoms. The van der Waals surface area contributed by atoms with Crippen molar-refractivity contribution in [3.63, 3.8) is 0 Å². The lowest BCUT2D eigenvalue weighted by Gasteiger charge is -2.31. The maximum absolute atomic E-state index is 12.9. The minimum absolute atomic E-state index is 0.208. The molecule has 7 heteroatoms. The Morgan fingerprint density at radius 1 is 1.12 bits per heavy atom. The molecule has 0 saturated carbocycles. The van der Waals surface area contributed by atoms with Gasteiger partial charge in [0.1, 0.15) is 5.75 Å². The molecule has 5 nitrogen and oxygen atoms in total. The van der Waals surface area contributed by atoms with Gasteiger partial charge in [-0.05, 0) is 53.9 Å². The molecule has 0 saturated heterocycles. The average molecular weight is 487 g/mol. The van der Waals surface area contributed by atoms with Gasteiger partial charge in [0.15, 0.2) is 9.84 Å². The fourth-order valence-electron chi connectivity index (χ4n) is 4.17. The number of carboxylic acids is 1. The molecule has 1 N–H and O–H groups in total. The molecule has 1 heterocycles. The lowest BCUT2D eigenvalue weighted by atomic mass is 10.0. The number of hydrogen-bond acceptors (Lipinski definition) is 4. The van der Waals surface area contributed by atoms with Crippen molar-refractivity contribution in [2.24, 2.45) is 0 Å². The van der Waals surface area contributed by atoms with Gasteiger partial charge < -0.3 is 9.84 Å². The molecule has 0 fully saturated rings. The van der Waals surface area contributed by atoms with E-state index in [1.165, 1.54) is 0 Å². The van der Waals surface area contributed by atoms with E-state index in [-0.39, 0.29) is 11.3 Å². The number of ether oxygens (including phenoxy) is 1. The number of benzene rings is 2. The van der Waals surface area contributed by atoms with Crippen molar-refractivity contribution in [3.8, 4) is 5.75 Å². The van der Waals surface area contributed by atoms with E-state index in [4.69, 9.17) is 9.84 Å². The van der Waals surface area contributed by atoms with E-state index in [9.17, 15) is 13.2 Å². The summed E-state index contributed by atoms with van der Waals surface area (Å²) in [6.45, 7) is 9.14. The first-order valence-electron chi connectivity index (χ1n) is 11.6. The Balaban J connectivity index is 2.04. The third-order valence-electron chi connectivity index (χ3n) is 6.36. The fraction of sp³-hybridized carbons (Fsp3) is 0.423. The highest BCUT2D eigenvalue weighted by molar-refractivity contribution is 7.92. The van der Waals surface area contributed by atoms with Gasteiger partial charge in [-0.2, -0.15) is 0 Å². The number of sulfone groups is 1. The zero-order chi connectivity index (χ0) is 24.2. The van der Waals surface area contributed by atoms with Crippen molar-refractivity contribution in [3.05, 3.63) is 53.1 Å². The average Bonchev–Trinajstić information content (AvgIpc) is 2.77. The van der Waals surface area contributed by atoms with Gasteiger partial charge in [0, 0.05) is 5.56 Å². The van der Waals surface area contributed by atoms with Crippen LogP contribution in [-0.4, -0.2) is 39.9 Å². The Bertz CT molecular complexity index is 1150. The molecule has 1 aliphatic rings. The summed E-state index contributed by atoms with van der Waals surface area (Å²) in [5.41, 5.74) is 2.99. The second-order valence-corrected chi connectivity index (χ2v) is 16.3. The number of unbranched alkanes of at least 4 members (excludes halogenated alkanes) is 3. The summed E-state index contributed by atoms with van der Waals surface area (Å²) in [4.78, 5) is 11.6. The molecule has 178 valence electrons. The predicted molar refractivity (Wildman–Crippen MR) is 137 cm³/mol. The van der Waals surface area contributed by atoms with Crippen LogP contribution in [0.3, 0.4) is 0 Å². The van der Waals surface area contributed by atoms with Crippen LogP contribution in [-0.2, 0) is 9.84 Å². The summed E-state index contributed by atoms with van der Waals surface area (Å²) in [5, 5.41) is 10.1. The first-order chi connectivity index (χ1) is 15.5. The van der Waals surface area contributed by atoms with Crippen molar-refractivity contribution in [1.29, 1.82) is 0 Å². The number of allylic oxidation sites excluding steroid dienone is 1. The molecule has 0 aromatic heterocycles. The number of hydrogen-bond donors (Lipinski definition) is 1. The number of aromatic carboxylic acids is 1. The third kappa shape index (κ3) is 5.95. The highest BCUT2D eigenvalue weighted by atomic mass is 32.2. The largest absolute Gasteiger partial charge is 0.493 e. The van der Waals surface area contributed by atoms with Crippen molar-refractivity contribution >= 4 is 40.7 Å². The Morgan fingerprint density at radius 2 is 1.82 bits per heavy atom. The Hall–Kier alpha value is -2.38. The van der Waals surface area contributed by atoms with Crippen LogP contribution in [0, 0.1) is 0 Å². The maximum atomic E-state index is 12.9. The van der Waals surface area contributed by atoms with Gasteiger partial charge in [-0.1, -0.05) is 63.6 Å². The smallest absolute Gasteiger partial charge is 0.335 e. The molecule has 3 rings (SSSR count). The molecule has 0 bridgehead atoms. The van der Waals surface area contributed by atoms with Crippen LogP contribution < -0.4 is 9.92 Å². The van der Waals surface area contributed by atoms with Gasteiger partial charge in [0.05, 0.1) is 30.9 Å². The Morgan fingerprint density at radius 3 is 2.45 bits per heavy atom. The van der Waals surface area contributed by atoms with Gasteiger partial charge in [0.2, 0.25) is 0 Å². The molecule has 0 amide bonds. The second kappa shape index (κ2) is 10.3. The van der Waals surface area contributed by atoms with E-state index in [1.807, 2.05) is 19.1 Å². The van der Waals surface area contributed by atoms with Crippen LogP contribution >= 0.6 is 0 Å². The van der Waals surface area contributed by atoms with Crippen LogP contribution in [0.15, 0.2) is 41.3 Å². The molecule has 2 aromatic rings. The van der Waals surface area contributed by atoms with Crippen LogP contribution in [0.5, 0.6) is 5.75 Å². The molecule has 33 heavy (non-hydrogen) atoms. The highest BCUT2D eigenvalue weighted by Crippen LogP contribution is 2.34. The van der Waals surface area contributed by atoms with Crippen LogP contribution in [0.1, 0.15) is 61.0 Å². The lowest BCUT2D eigenvalue weighted by molar-refractivity contribution is 0.0697. The maximum Gasteiger partial charge on any atom is 0.335 e. The number of fused-ring (bicyclic) bond motifs is 1. The lowest BCUT2D eigenvalue weighted by Crippen LogP contribution is -2.49. The summed E-state index contributed by atoms with van der Waals surface area (Å²) in [5.74, 6) is -0.139. The van der Waals surface area contributed by atoms with Gasteiger partial charge in [-0.15, -0.1) is 0 Å². The minimum Gasteiger partial charge on any atom is -0.493 e. The SMILES string of the molecule is CCCCCCOc1cc2c(cc1/C(C)=C/c1ccc(C(=O)O)cc1)[Si](C)(C)CCS2(=O)=O. The van der Waals surface area contributed by atoms with Crippen LogP contribution in [0.25, 0.3) is 11.6 Å². The van der Waals surface area contributed by atoms with Gasteiger partial charge in [-0.25, -0.2) is 13.2 Å². The van der Waals surface area contributed by atoms with E-state index in [0.29, 0.717) is 17.3 Å². The summed E-state index contributed by atoms with van der Waals surface area (Å²) >= 11 is 0. The Labute approximate surface area is 198 Å². The van der Waals surface area contributed by atoms with Crippen molar-refractivity contribution in [2.45, 2.75) is 63.6 Å². The highest BCUT2D eigenvalue weighted by Gasteiger charge is 2.38. The van der Waals surface area contributed by atoms with Crippen LogP contribution in [0.4, 0.5) is 0 Å². The normalized spacial score (nSPS) is 16.8. The Kier molecular flexibility index (Phi) is 7.85. The summed E-state index contributed by atoms with van der Waals surface area (Å²) < 4.78 is 31.9. The summed E-state index contributed by atoms with van der Waals surface area (Å²) in [7, 11) is -5.20. The first kappa shape index (κ1) is 25.2. The standard InChI is InChI=1S/C26H34O5SSi/c1-5-6-7-8-13-31-23-18-24-25(33(3,4)15-14-32(24,29)30)17-22(23)19(2)16-20-9-11-21(12-10-20)26(27)28/h9-12,16-18H,5-8,13-15H2,1-4H3,(H,27,28)/b19-16+. The third-order valence-corrected chi connectivity index (χ3v) is 12.0. The first-order valence-corrected chi connectivity index (χ1v) is 16.5. The number of carboxylic acid groups (broad SMARTS) is 1. The molecule has 2 aromatic carbocycles. The van der Waals surface area contributed by atoms with Crippen molar-refractivity contribution in [2.75, 3.05) is 12.4 Å². The van der Waals surface area contributed by atoms with Gasteiger partial charge in [-0.3, -0.25) is 0 Å². The number of carbonyl (C=O) groups is 1. The number of rotatable bonds is 9. The zero-order valence-corrected chi connectivity index (χ0v) is 21.8. The molecular formula is C26H34O5SSi. The van der Waals surface area contributed by atoms with E-state index in [1.54, 1.807) is 30.3 Å². The topological polar surface area (TPSA) is 80.7 Å². The quantitative estimate of drug-likeness (QED) is 0.283.